The Labute approximate surface area is 190 Å². The van der Waals surface area contributed by atoms with Gasteiger partial charge in [0.2, 0.25) is 0 Å². The third-order valence-electron chi connectivity index (χ3n) is 5.54. The van der Waals surface area contributed by atoms with Gasteiger partial charge in [-0.1, -0.05) is 18.7 Å². The first kappa shape index (κ1) is 20.9. The van der Waals surface area contributed by atoms with Gasteiger partial charge in [0.25, 0.3) is 11.1 Å². The lowest BCUT2D eigenvalue weighted by Crippen LogP contribution is -2.29. The SMILES string of the molecule is CCc1c(C)sc2nc(SCc3nc4ccsc4c(=O)[nH]3)n(CC3CCCO3)c(=O)c12. The van der Waals surface area contributed by atoms with Gasteiger partial charge < -0.3 is 9.72 Å². The van der Waals surface area contributed by atoms with E-state index >= 15 is 0 Å². The number of aromatic amines is 1. The standard InChI is InChI=1S/C21H22N4O3S3/c1-3-13-11(2)31-19-16(13)20(27)25(9-12-5-4-7-28-12)21(24-19)30-10-15-22-14-6-8-29-17(14)18(26)23-15/h6,8,12H,3-5,7,9-10H2,1-2H3,(H,22,23,26). The van der Waals surface area contributed by atoms with Crippen LogP contribution in [0.15, 0.2) is 26.2 Å². The fraction of sp³-hybridized carbons (Fsp3) is 0.429. The van der Waals surface area contributed by atoms with Gasteiger partial charge in [0.15, 0.2) is 5.16 Å². The van der Waals surface area contributed by atoms with Crippen molar-refractivity contribution in [3.8, 4) is 0 Å². The number of rotatable bonds is 6. The van der Waals surface area contributed by atoms with Crippen molar-refractivity contribution >= 4 is 54.9 Å². The molecule has 1 fully saturated rings. The monoisotopic (exact) mass is 474 g/mol. The first-order valence-corrected chi connectivity index (χ1v) is 13.0. The van der Waals surface area contributed by atoms with Crippen LogP contribution in [0.3, 0.4) is 0 Å². The van der Waals surface area contributed by atoms with Gasteiger partial charge in [-0.25, -0.2) is 9.97 Å². The fourth-order valence-electron chi connectivity index (χ4n) is 4.04. The van der Waals surface area contributed by atoms with Crippen molar-refractivity contribution in [1.82, 2.24) is 19.5 Å². The normalized spacial score (nSPS) is 16.6. The lowest BCUT2D eigenvalue weighted by atomic mass is 10.1. The minimum atomic E-state index is -0.128. The summed E-state index contributed by atoms with van der Waals surface area (Å²) in [5.74, 6) is 1.01. The minimum absolute atomic E-state index is 0.000982. The predicted octanol–water partition coefficient (Wildman–Crippen LogP) is 4.10. The molecule has 1 aliphatic heterocycles. The highest BCUT2D eigenvalue weighted by molar-refractivity contribution is 7.98. The fourth-order valence-corrected chi connectivity index (χ4v) is 6.80. The van der Waals surface area contributed by atoms with E-state index in [1.165, 1.54) is 23.1 Å². The Morgan fingerprint density at radius 2 is 2.23 bits per heavy atom. The summed E-state index contributed by atoms with van der Waals surface area (Å²) in [5, 5.41) is 3.24. The summed E-state index contributed by atoms with van der Waals surface area (Å²) < 4.78 is 8.19. The highest BCUT2D eigenvalue weighted by Crippen LogP contribution is 2.30. The maximum Gasteiger partial charge on any atom is 0.268 e. The van der Waals surface area contributed by atoms with Gasteiger partial charge >= 0.3 is 0 Å². The van der Waals surface area contributed by atoms with Crippen molar-refractivity contribution in [1.29, 1.82) is 0 Å². The molecule has 0 bridgehead atoms. The summed E-state index contributed by atoms with van der Waals surface area (Å²) in [6, 6.07) is 1.85. The Balaban J connectivity index is 1.55. The smallest absolute Gasteiger partial charge is 0.268 e. The van der Waals surface area contributed by atoms with Crippen molar-refractivity contribution < 1.29 is 4.74 Å². The first-order chi connectivity index (χ1) is 15.0. The van der Waals surface area contributed by atoms with Crippen LogP contribution in [0.25, 0.3) is 20.4 Å². The molecule has 162 valence electrons. The molecule has 0 aromatic carbocycles. The predicted molar refractivity (Wildman–Crippen MR) is 127 cm³/mol. The molecule has 10 heteroatoms. The molecular formula is C21H22N4O3S3. The van der Waals surface area contributed by atoms with Crippen LogP contribution in [0.4, 0.5) is 0 Å². The molecule has 1 unspecified atom stereocenters. The number of thiophene rings is 2. The van der Waals surface area contributed by atoms with Gasteiger partial charge in [0.1, 0.15) is 15.4 Å². The van der Waals surface area contributed by atoms with Crippen molar-refractivity contribution in [2.75, 3.05) is 6.61 Å². The van der Waals surface area contributed by atoms with E-state index < -0.39 is 0 Å². The molecule has 0 aliphatic carbocycles. The van der Waals surface area contributed by atoms with Gasteiger partial charge in [-0.3, -0.25) is 14.2 Å². The van der Waals surface area contributed by atoms with Crippen LogP contribution in [0.1, 0.15) is 36.0 Å². The Hall–Kier alpha value is -2.01. The Morgan fingerprint density at radius 1 is 1.35 bits per heavy atom. The number of aryl methyl sites for hydroxylation is 2. The van der Waals surface area contributed by atoms with Crippen LogP contribution < -0.4 is 11.1 Å². The molecule has 1 atom stereocenters. The number of aromatic nitrogens is 4. The maximum atomic E-state index is 13.5. The molecule has 5 rings (SSSR count). The van der Waals surface area contributed by atoms with Gasteiger partial charge in [-0.05, 0) is 43.2 Å². The van der Waals surface area contributed by atoms with Crippen LogP contribution in [0.5, 0.6) is 0 Å². The summed E-state index contributed by atoms with van der Waals surface area (Å²) in [6.07, 6.45) is 2.80. The zero-order chi connectivity index (χ0) is 21.5. The zero-order valence-corrected chi connectivity index (χ0v) is 19.7. The Bertz CT molecular complexity index is 1380. The van der Waals surface area contributed by atoms with Gasteiger partial charge in [-0.15, -0.1) is 22.7 Å². The molecule has 5 heterocycles. The number of H-pyrrole nitrogens is 1. The Kier molecular flexibility index (Phi) is 5.72. The largest absolute Gasteiger partial charge is 0.376 e. The van der Waals surface area contributed by atoms with E-state index in [1.54, 1.807) is 15.9 Å². The highest BCUT2D eigenvalue weighted by atomic mass is 32.2. The van der Waals surface area contributed by atoms with Crippen molar-refractivity contribution in [2.24, 2.45) is 0 Å². The van der Waals surface area contributed by atoms with Crippen LogP contribution in [-0.4, -0.2) is 32.2 Å². The summed E-state index contributed by atoms with van der Waals surface area (Å²) in [7, 11) is 0. The van der Waals surface area contributed by atoms with Gasteiger partial charge in [0.05, 0.1) is 29.3 Å². The van der Waals surface area contributed by atoms with Gasteiger partial charge in [0, 0.05) is 11.5 Å². The molecule has 7 nitrogen and oxygen atoms in total. The number of nitrogens with one attached hydrogen (secondary N) is 1. The topological polar surface area (TPSA) is 89.9 Å². The van der Waals surface area contributed by atoms with Crippen LogP contribution in [0.2, 0.25) is 0 Å². The Morgan fingerprint density at radius 3 is 3.00 bits per heavy atom. The quantitative estimate of drug-likeness (QED) is 0.334. The molecule has 1 saturated heterocycles. The summed E-state index contributed by atoms with van der Waals surface area (Å²) in [6.45, 7) is 5.35. The van der Waals surface area contributed by atoms with Crippen LogP contribution in [-0.2, 0) is 23.5 Å². The van der Waals surface area contributed by atoms with E-state index in [-0.39, 0.29) is 17.2 Å². The lowest BCUT2D eigenvalue weighted by Gasteiger charge is -2.16. The second kappa shape index (κ2) is 8.50. The van der Waals surface area contributed by atoms with E-state index in [2.05, 4.69) is 16.9 Å². The third-order valence-corrected chi connectivity index (χ3v) is 8.47. The van der Waals surface area contributed by atoms with Crippen molar-refractivity contribution in [2.45, 2.75) is 56.7 Å². The molecule has 4 aromatic heterocycles. The van der Waals surface area contributed by atoms with E-state index in [0.717, 1.165) is 46.5 Å². The third kappa shape index (κ3) is 3.86. The number of hydrogen-bond acceptors (Lipinski definition) is 8. The molecule has 0 saturated carbocycles. The molecule has 31 heavy (non-hydrogen) atoms. The molecule has 0 radical (unpaired) electrons. The number of thioether (sulfide) groups is 1. The van der Waals surface area contributed by atoms with Crippen LogP contribution in [0, 0.1) is 6.92 Å². The summed E-state index contributed by atoms with van der Waals surface area (Å²) >= 11 is 4.38. The number of hydrogen-bond donors (Lipinski definition) is 1. The molecule has 1 aliphatic rings. The summed E-state index contributed by atoms with van der Waals surface area (Å²) in [4.78, 5) is 40.0. The average Bonchev–Trinajstić information content (AvgIpc) is 3.48. The average molecular weight is 475 g/mol. The molecule has 1 N–H and O–H groups in total. The van der Waals surface area contributed by atoms with Gasteiger partial charge in [-0.2, -0.15) is 0 Å². The second-order valence-electron chi connectivity index (χ2n) is 7.55. The molecule has 0 amide bonds. The number of nitrogens with zero attached hydrogens (tertiary/aromatic N) is 3. The van der Waals surface area contributed by atoms with E-state index in [0.29, 0.717) is 33.5 Å². The zero-order valence-electron chi connectivity index (χ0n) is 17.3. The van der Waals surface area contributed by atoms with E-state index in [1.807, 2.05) is 18.4 Å². The first-order valence-electron chi connectivity index (χ1n) is 10.3. The number of fused-ring (bicyclic) bond motifs is 2. The molecular weight excluding hydrogens is 452 g/mol. The number of ether oxygens (including phenoxy) is 1. The van der Waals surface area contributed by atoms with E-state index in [4.69, 9.17) is 9.72 Å². The maximum absolute atomic E-state index is 13.5. The van der Waals surface area contributed by atoms with Crippen molar-refractivity contribution in [3.05, 3.63) is 48.4 Å². The second-order valence-corrected chi connectivity index (χ2v) is 10.6. The lowest BCUT2D eigenvalue weighted by molar-refractivity contribution is 0.0937. The molecule has 0 spiro atoms. The van der Waals surface area contributed by atoms with Crippen molar-refractivity contribution in [3.63, 3.8) is 0 Å². The highest BCUT2D eigenvalue weighted by Gasteiger charge is 2.23. The van der Waals surface area contributed by atoms with E-state index in [9.17, 15) is 9.59 Å². The minimum Gasteiger partial charge on any atom is -0.376 e. The summed E-state index contributed by atoms with van der Waals surface area (Å²) in [5.41, 5.74) is 1.66. The molecule has 4 aromatic rings. The van der Waals surface area contributed by atoms with Crippen LogP contribution >= 0.6 is 34.4 Å².